The van der Waals surface area contributed by atoms with E-state index in [-0.39, 0.29) is 11.8 Å². The van der Waals surface area contributed by atoms with Gasteiger partial charge in [-0.1, -0.05) is 29.8 Å². The van der Waals surface area contributed by atoms with Crippen molar-refractivity contribution in [2.24, 2.45) is 5.92 Å². The molecule has 4 heteroatoms. The maximum atomic E-state index is 11.9. The van der Waals surface area contributed by atoms with Gasteiger partial charge >= 0.3 is 0 Å². The van der Waals surface area contributed by atoms with Gasteiger partial charge in [0.25, 0.3) is 0 Å². The molecule has 3 nitrogen and oxygen atoms in total. The fraction of sp³-hybridized carbons (Fsp3) is 0.533. The van der Waals surface area contributed by atoms with Gasteiger partial charge in [-0.05, 0) is 37.3 Å². The summed E-state index contributed by atoms with van der Waals surface area (Å²) in [4.78, 5) is 11.9. The molecule has 1 aliphatic rings. The van der Waals surface area contributed by atoms with E-state index in [1.165, 1.54) is 0 Å². The Bertz CT molecular complexity index is 436. The van der Waals surface area contributed by atoms with Crippen LogP contribution in [0.3, 0.4) is 0 Å². The topological polar surface area (TPSA) is 38.3 Å². The van der Waals surface area contributed by atoms with Crippen molar-refractivity contribution in [1.82, 2.24) is 5.32 Å². The molecule has 1 N–H and O–H groups in total. The molecule has 1 aromatic rings. The lowest BCUT2D eigenvalue weighted by atomic mass is 10.1. The summed E-state index contributed by atoms with van der Waals surface area (Å²) in [7, 11) is 0. The van der Waals surface area contributed by atoms with Crippen LogP contribution in [0.25, 0.3) is 0 Å². The summed E-state index contributed by atoms with van der Waals surface area (Å²) < 4.78 is 5.23. The first kappa shape index (κ1) is 14.4. The van der Waals surface area contributed by atoms with Gasteiger partial charge < -0.3 is 10.1 Å². The molecule has 1 saturated carbocycles. The molecule has 1 aliphatic carbocycles. The fourth-order valence-corrected chi connectivity index (χ4v) is 2.54. The van der Waals surface area contributed by atoms with E-state index in [1.54, 1.807) is 0 Å². The molecule has 19 heavy (non-hydrogen) atoms. The van der Waals surface area contributed by atoms with Crippen molar-refractivity contribution in [3.05, 3.63) is 34.9 Å². The third kappa shape index (κ3) is 3.95. The van der Waals surface area contributed by atoms with Crippen molar-refractivity contribution in [2.75, 3.05) is 19.8 Å². The summed E-state index contributed by atoms with van der Waals surface area (Å²) in [5.74, 6) is 0.522. The third-order valence-corrected chi connectivity index (χ3v) is 3.74. The molecule has 0 heterocycles. The minimum Gasteiger partial charge on any atom is -0.382 e. The quantitative estimate of drug-likeness (QED) is 0.780. The lowest BCUT2D eigenvalue weighted by Crippen LogP contribution is -2.27. The summed E-state index contributed by atoms with van der Waals surface area (Å²) >= 11 is 6.14. The highest BCUT2D eigenvalue weighted by Crippen LogP contribution is 2.49. The Morgan fingerprint density at radius 2 is 2.26 bits per heavy atom. The second-order valence-electron chi connectivity index (χ2n) is 4.81. The number of carbonyl (C=O) groups is 1. The van der Waals surface area contributed by atoms with Gasteiger partial charge in [0.1, 0.15) is 0 Å². The molecular weight excluding hydrogens is 262 g/mol. The molecule has 0 spiro atoms. The Balaban J connectivity index is 1.73. The van der Waals surface area contributed by atoms with E-state index in [4.69, 9.17) is 16.3 Å². The molecule has 0 radical (unpaired) electrons. The van der Waals surface area contributed by atoms with Crippen molar-refractivity contribution >= 4 is 17.5 Å². The van der Waals surface area contributed by atoms with Gasteiger partial charge in [-0.2, -0.15) is 0 Å². The fourth-order valence-electron chi connectivity index (χ4n) is 2.27. The average Bonchev–Trinajstić information content (AvgIpc) is 3.19. The summed E-state index contributed by atoms with van der Waals surface area (Å²) in [6, 6.07) is 7.77. The molecule has 2 rings (SSSR count). The van der Waals surface area contributed by atoms with Crippen LogP contribution >= 0.6 is 11.6 Å². The van der Waals surface area contributed by atoms with E-state index < -0.39 is 0 Å². The van der Waals surface area contributed by atoms with Gasteiger partial charge in [-0.3, -0.25) is 4.79 Å². The van der Waals surface area contributed by atoms with Gasteiger partial charge in [0.2, 0.25) is 5.91 Å². The van der Waals surface area contributed by atoms with Crippen molar-refractivity contribution < 1.29 is 9.53 Å². The Hall–Kier alpha value is -1.06. The predicted molar refractivity (Wildman–Crippen MR) is 76.4 cm³/mol. The minimum atomic E-state index is 0.0898. The van der Waals surface area contributed by atoms with Crippen LogP contribution in [0.1, 0.15) is 31.2 Å². The monoisotopic (exact) mass is 281 g/mol. The van der Waals surface area contributed by atoms with E-state index in [0.29, 0.717) is 19.1 Å². The third-order valence-electron chi connectivity index (χ3n) is 3.40. The van der Waals surface area contributed by atoms with Crippen LogP contribution in [-0.2, 0) is 9.53 Å². The van der Waals surface area contributed by atoms with Crippen LogP contribution in [0.15, 0.2) is 24.3 Å². The first-order valence-corrected chi connectivity index (χ1v) is 7.21. The Morgan fingerprint density at radius 3 is 3.00 bits per heavy atom. The highest BCUT2D eigenvalue weighted by Gasteiger charge is 2.44. The Labute approximate surface area is 119 Å². The standard InChI is InChI=1S/C15H20ClNO2/c1-2-19-9-5-8-17-15(18)13-10-12(13)11-6-3-4-7-14(11)16/h3-4,6-7,12-13H,2,5,8-10H2,1H3,(H,17,18). The maximum Gasteiger partial charge on any atom is 0.223 e. The van der Waals surface area contributed by atoms with E-state index in [1.807, 2.05) is 31.2 Å². The average molecular weight is 282 g/mol. The first-order chi connectivity index (χ1) is 9.24. The largest absolute Gasteiger partial charge is 0.382 e. The zero-order chi connectivity index (χ0) is 13.7. The molecule has 1 amide bonds. The number of carbonyl (C=O) groups excluding carboxylic acids is 1. The van der Waals surface area contributed by atoms with Crippen LogP contribution in [0.5, 0.6) is 0 Å². The smallest absolute Gasteiger partial charge is 0.223 e. The number of amides is 1. The molecule has 1 fully saturated rings. The number of hydrogen-bond donors (Lipinski definition) is 1. The van der Waals surface area contributed by atoms with Crippen molar-refractivity contribution in [3.8, 4) is 0 Å². The van der Waals surface area contributed by atoms with Gasteiger partial charge in [-0.25, -0.2) is 0 Å². The maximum absolute atomic E-state index is 11.9. The van der Waals surface area contributed by atoms with E-state index in [9.17, 15) is 4.79 Å². The van der Waals surface area contributed by atoms with Crippen LogP contribution in [-0.4, -0.2) is 25.7 Å². The van der Waals surface area contributed by atoms with Gasteiger partial charge in [0.15, 0.2) is 0 Å². The Morgan fingerprint density at radius 1 is 1.47 bits per heavy atom. The molecule has 0 saturated heterocycles. The minimum absolute atomic E-state index is 0.0898. The molecule has 104 valence electrons. The number of nitrogens with one attached hydrogen (secondary N) is 1. The lowest BCUT2D eigenvalue weighted by molar-refractivity contribution is -0.122. The van der Waals surface area contributed by atoms with Crippen molar-refractivity contribution in [1.29, 1.82) is 0 Å². The summed E-state index contributed by atoms with van der Waals surface area (Å²) in [5, 5.41) is 3.72. The second kappa shape index (κ2) is 6.92. The van der Waals surface area contributed by atoms with Crippen LogP contribution in [0.4, 0.5) is 0 Å². The molecule has 0 aliphatic heterocycles. The number of benzene rings is 1. The summed E-state index contributed by atoms with van der Waals surface area (Å²) in [6.45, 7) is 4.09. The molecule has 0 bridgehead atoms. The molecule has 0 aromatic heterocycles. The molecule has 2 atom stereocenters. The van der Waals surface area contributed by atoms with Gasteiger partial charge in [0, 0.05) is 30.7 Å². The molecule has 2 unspecified atom stereocenters. The predicted octanol–water partition coefficient (Wildman–Crippen LogP) is 2.99. The summed E-state index contributed by atoms with van der Waals surface area (Å²) in [5.41, 5.74) is 1.10. The number of rotatable bonds is 7. The van der Waals surface area contributed by atoms with Crippen molar-refractivity contribution in [3.63, 3.8) is 0 Å². The van der Waals surface area contributed by atoms with E-state index in [0.717, 1.165) is 30.0 Å². The van der Waals surface area contributed by atoms with E-state index in [2.05, 4.69) is 5.32 Å². The van der Waals surface area contributed by atoms with Gasteiger partial charge in [0.05, 0.1) is 0 Å². The normalized spacial score (nSPS) is 21.2. The number of hydrogen-bond acceptors (Lipinski definition) is 2. The molecule has 1 aromatic carbocycles. The summed E-state index contributed by atoms with van der Waals surface area (Å²) in [6.07, 6.45) is 1.77. The first-order valence-electron chi connectivity index (χ1n) is 6.84. The van der Waals surface area contributed by atoms with Crippen LogP contribution in [0.2, 0.25) is 5.02 Å². The number of halogens is 1. The number of ether oxygens (including phenoxy) is 1. The molecular formula is C15H20ClNO2. The highest BCUT2D eigenvalue weighted by atomic mass is 35.5. The zero-order valence-corrected chi connectivity index (χ0v) is 12.0. The lowest BCUT2D eigenvalue weighted by Gasteiger charge is -2.06. The van der Waals surface area contributed by atoms with Crippen LogP contribution in [0, 0.1) is 5.92 Å². The van der Waals surface area contributed by atoms with Crippen LogP contribution < -0.4 is 5.32 Å². The SMILES string of the molecule is CCOCCCNC(=O)C1CC1c1ccccc1Cl. The van der Waals surface area contributed by atoms with Crippen molar-refractivity contribution in [2.45, 2.75) is 25.7 Å². The van der Waals surface area contributed by atoms with Gasteiger partial charge in [-0.15, -0.1) is 0 Å². The highest BCUT2D eigenvalue weighted by molar-refractivity contribution is 6.31. The van der Waals surface area contributed by atoms with E-state index >= 15 is 0 Å². The zero-order valence-electron chi connectivity index (χ0n) is 11.2. The Kier molecular flexibility index (Phi) is 5.23. The second-order valence-corrected chi connectivity index (χ2v) is 5.22.